The fourth-order valence-electron chi connectivity index (χ4n) is 4.69. The Morgan fingerprint density at radius 2 is 0.929 bits per heavy atom. The molecule has 2 amide bonds. The van der Waals surface area contributed by atoms with Gasteiger partial charge in [-0.25, -0.2) is 0 Å². The number of benzene rings is 4. The predicted molar refractivity (Wildman–Crippen MR) is 151 cm³/mol. The lowest BCUT2D eigenvalue weighted by Crippen LogP contribution is -2.28. The smallest absolute Gasteiger partial charge is 0.282 e. The number of carbonyl (C=O) groups is 4. The van der Waals surface area contributed by atoms with Gasteiger partial charge in [-0.2, -0.15) is 0 Å². The Balaban J connectivity index is 1.59. The summed E-state index contributed by atoms with van der Waals surface area (Å²) in [6.07, 6.45) is 0. The summed E-state index contributed by atoms with van der Waals surface area (Å²) in [4.78, 5) is 75.1. The molecule has 14 heteroatoms. The van der Waals surface area contributed by atoms with E-state index in [9.17, 15) is 39.4 Å². The number of nitrogens with zero attached hydrogens (tertiary/aromatic N) is 2. The van der Waals surface area contributed by atoms with Crippen molar-refractivity contribution >= 4 is 57.5 Å². The van der Waals surface area contributed by atoms with Crippen molar-refractivity contribution < 1.29 is 29.0 Å². The van der Waals surface area contributed by atoms with Crippen LogP contribution >= 0.6 is 0 Å². The summed E-state index contributed by atoms with van der Waals surface area (Å²) in [5.74, 6) is -3.47. The lowest BCUT2D eigenvalue weighted by Gasteiger charge is -2.25. The number of rotatable bonds is 6. The number of nitrogen functional groups attached to an aromatic ring is 2. The summed E-state index contributed by atoms with van der Waals surface area (Å²) in [6.45, 7) is 0. The quantitative estimate of drug-likeness (QED) is 0.131. The molecule has 0 radical (unpaired) electrons. The molecule has 0 heterocycles. The summed E-state index contributed by atoms with van der Waals surface area (Å²) in [6, 6.07) is 15.4. The van der Waals surface area contributed by atoms with Crippen molar-refractivity contribution in [1.29, 1.82) is 0 Å². The summed E-state index contributed by atoms with van der Waals surface area (Å²) < 4.78 is 0. The monoisotopic (exact) mass is 566 g/mol. The summed E-state index contributed by atoms with van der Waals surface area (Å²) in [5, 5.41) is 27.7. The first kappa shape index (κ1) is 27.1. The van der Waals surface area contributed by atoms with Crippen molar-refractivity contribution in [2.24, 2.45) is 0 Å². The minimum Gasteiger partial charge on any atom is -0.398 e. The number of nitro benzene ring substituents is 2. The lowest BCUT2D eigenvalue weighted by atomic mass is 9.80. The van der Waals surface area contributed by atoms with Gasteiger partial charge in [0.15, 0.2) is 11.6 Å². The second-order valence-electron chi connectivity index (χ2n) is 9.02. The third-order valence-electron chi connectivity index (χ3n) is 6.57. The van der Waals surface area contributed by atoms with E-state index in [1.807, 2.05) is 0 Å². The molecule has 0 aliphatic heterocycles. The molecule has 0 bridgehead atoms. The molecule has 1 aliphatic rings. The molecule has 0 unspecified atom stereocenters. The molecule has 4 aromatic carbocycles. The van der Waals surface area contributed by atoms with Gasteiger partial charge in [-0.05, 0) is 36.4 Å². The summed E-state index contributed by atoms with van der Waals surface area (Å²) in [5.41, 5.74) is 8.91. The van der Waals surface area contributed by atoms with Crippen LogP contribution in [0, 0.1) is 20.2 Å². The number of hydrogen-bond acceptors (Lipinski definition) is 10. The second-order valence-corrected chi connectivity index (χ2v) is 9.02. The Labute approximate surface area is 235 Å². The van der Waals surface area contributed by atoms with E-state index < -0.39 is 44.6 Å². The van der Waals surface area contributed by atoms with Crippen LogP contribution in [0.1, 0.15) is 52.6 Å². The SMILES string of the molecule is Nc1ccc(NC(=O)c2ccccc2[N+](=O)[O-])c2c1C(=O)c1c(NC(=O)c3ccccc3[N+](=O)[O-])ccc(N)c1C2=O. The number of hydrogen-bond donors (Lipinski definition) is 4. The first-order chi connectivity index (χ1) is 20.0. The molecule has 0 saturated heterocycles. The Morgan fingerprint density at radius 1 is 0.571 bits per heavy atom. The van der Waals surface area contributed by atoms with Crippen molar-refractivity contribution in [3.63, 3.8) is 0 Å². The molecule has 1 aliphatic carbocycles. The first-order valence-corrected chi connectivity index (χ1v) is 12.0. The highest BCUT2D eigenvalue weighted by Gasteiger charge is 2.38. The van der Waals surface area contributed by atoms with Gasteiger partial charge in [-0.15, -0.1) is 0 Å². The number of anilines is 4. The van der Waals surface area contributed by atoms with E-state index in [0.29, 0.717) is 0 Å². The minimum atomic E-state index is -0.918. The molecule has 0 aromatic heterocycles. The average molecular weight is 566 g/mol. The Morgan fingerprint density at radius 3 is 1.29 bits per heavy atom. The molecule has 14 nitrogen and oxygen atoms in total. The normalized spacial score (nSPS) is 11.7. The summed E-state index contributed by atoms with van der Waals surface area (Å²) >= 11 is 0. The average Bonchev–Trinajstić information content (AvgIpc) is 2.97. The molecule has 5 rings (SSSR count). The van der Waals surface area contributed by atoms with Crippen LogP contribution in [0.2, 0.25) is 0 Å². The van der Waals surface area contributed by atoms with Gasteiger partial charge in [0, 0.05) is 23.5 Å². The number of fused-ring (bicyclic) bond motifs is 2. The molecule has 0 saturated carbocycles. The van der Waals surface area contributed by atoms with E-state index >= 15 is 0 Å². The van der Waals surface area contributed by atoms with Crippen LogP contribution in [0.3, 0.4) is 0 Å². The zero-order valence-electron chi connectivity index (χ0n) is 21.2. The highest BCUT2D eigenvalue weighted by atomic mass is 16.6. The van der Waals surface area contributed by atoms with Crippen LogP contribution < -0.4 is 22.1 Å². The van der Waals surface area contributed by atoms with E-state index in [0.717, 1.165) is 12.1 Å². The lowest BCUT2D eigenvalue weighted by molar-refractivity contribution is -0.385. The van der Waals surface area contributed by atoms with E-state index in [1.54, 1.807) is 0 Å². The highest BCUT2D eigenvalue weighted by Crippen LogP contribution is 2.40. The van der Waals surface area contributed by atoms with Gasteiger partial charge in [0.2, 0.25) is 0 Å². The third kappa shape index (κ3) is 4.44. The number of nitro groups is 2. The molecule has 208 valence electrons. The first-order valence-electron chi connectivity index (χ1n) is 12.0. The van der Waals surface area contributed by atoms with Crippen molar-refractivity contribution in [2.75, 3.05) is 22.1 Å². The molecule has 42 heavy (non-hydrogen) atoms. The number of amides is 2. The predicted octanol–water partition coefficient (Wildman–Crippen LogP) is 3.95. The maximum Gasteiger partial charge on any atom is 0.282 e. The molecule has 0 spiro atoms. The van der Waals surface area contributed by atoms with Gasteiger partial charge in [-0.1, -0.05) is 24.3 Å². The number of nitrogens with one attached hydrogen (secondary N) is 2. The number of nitrogens with two attached hydrogens (primary N) is 2. The molecule has 4 aromatic rings. The van der Waals surface area contributed by atoms with Crippen LogP contribution in [-0.4, -0.2) is 33.2 Å². The van der Waals surface area contributed by atoms with Gasteiger partial charge < -0.3 is 22.1 Å². The van der Waals surface area contributed by atoms with E-state index in [-0.39, 0.29) is 56.1 Å². The van der Waals surface area contributed by atoms with E-state index in [2.05, 4.69) is 10.6 Å². The van der Waals surface area contributed by atoms with Crippen molar-refractivity contribution in [1.82, 2.24) is 0 Å². The van der Waals surface area contributed by atoms with E-state index in [4.69, 9.17) is 11.5 Å². The molecule has 0 fully saturated rings. The third-order valence-corrected chi connectivity index (χ3v) is 6.57. The van der Waals surface area contributed by atoms with Gasteiger partial charge >= 0.3 is 0 Å². The second kappa shape index (κ2) is 10.3. The van der Waals surface area contributed by atoms with Crippen LogP contribution in [0.25, 0.3) is 0 Å². The largest absolute Gasteiger partial charge is 0.398 e. The fourth-order valence-corrected chi connectivity index (χ4v) is 4.69. The minimum absolute atomic E-state index is 0.129. The topological polar surface area (TPSA) is 231 Å². The highest BCUT2D eigenvalue weighted by molar-refractivity contribution is 6.35. The van der Waals surface area contributed by atoms with E-state index in [1.165, 1.54) is 60.7 Å². The Bertz CT molecular complexity index is 1760. The molecular formula is C28H18N6O8. The van der Waals surface area contributed by atoms with Gasteiger partial charge in [-0.3, -0.25) is 39.4 Å². The van der Waals surface area contributed by atoms with Gasteiger partial charge in [0.05, 0.1) is 43.5 Å². The summed E-state index contributed by atoms with van der Waals surface area (Å²) in [7, 11) is 0. The number of para-hydroxylation sites is 2. The Hall–Kier alpha value is -6.44. The molecular weight excluding hydrogens is 548 g/mol. The molecule has 6 N–H and O–H groups in total. The Kier molecular flexibility index (Phi) is 6.64. The standard InChI is InChI=1S/C28H18N6O8/c29-15-9-11-17(31-27(37)13-5-1-3-7-19(13)33(39)40)23-21(15)26(36)24-18(12-10-16(30)22(24)25(23)35)32-28(38)14-6-2-4-8-20(14)34(41)42/h1-12H,29-30H2,(H,31,37)(H,32,38). The van der Waals surface area contributed by atoms with Crippen molar-refractivity contribution in [3.05, 3.63) is 126 Å². The van der Waals surface area contributed by atoms with Gasteiger partial charge in [0.1, 0.15) is 11.1 Å². The number of ketones is 2. The van der Waals surface area contributed by atoms with Crippen molar-refractivity contribution in [2.45, 2.75) is 0 Å². The van der Waals surface area contributed by atoms with Crippen LogP contribution in [0.4, 0.5) is 34.1 Å². The van der Waals surface area contributed by atoms with Crippen LogP contribution in [0.5, 0.6) is 0 Å². The molecule has 0 atom stereocenters. The maximum absolute atomic E-state index is 13.8. The zero-order chi connectivity index (χ0) is 30.3. The van der Waals surface area contributed by atoms with Crippen LogP contribution in [-0.2, 0) is 0 Å². The maximum atomic E-state index is 13.8. The number of carbonyl (C=O) groups excluding carboxylic acids is 4. The van der Waals surface area contributed by atoms with Crippen LogP contribution in [0.15, 0.2) is 72.8 Å². The fraction of sp³-hybridized carbons (Fsp3) is 0. The zero-order valence-corrected chi connectivity index (χ0v) is 21.2. The van der Waals surface area contributed by atoms with Crippen molar-refractivity contribution in [3.8, 4) is 0 Å². The van der Waals surface area contributed by atoms with Gasteiger partial charge in [0.25, 0.3) is 23.2 Å².